The van der Waals surface area contributed by atoms with Gasteiger partial charge in [-0.25, -0.2) is 9.97 Å². The minimum absolute atomic E-state index is 0.0932. The Morgan fingerprint density at radius 3 is 2.68 bits per heavy atom. The Balaban J connectivity index is 1.88. The number of amides is 1. The van der Waals surface area contributed by atoms with Gasteiger partial charge in [-0.3, -0.25) is 4.79 Å². The van der Waals surface area contributed by atoms with Crippen molar-refractivity contribution in [2.24, 2.45) is 0 Å². The van der Waals surface area contributed by atoms with E-state index in [0.717, 1.165) is 5.39 Å². The van der Waals surface area contributed by atoms with Crippen molar-refractivity contribution < 1.29 is 9.53 Å². The Kier molecular flexibility index (Phi) is 3.89. The number of methoxy groups -OCH3 is 1. The molecule has 3 rings (SSSR count). The van der Waals surface area contributed by atoms with Crippen LogP contribution in [-0.2, 0) is 0 Å². The van der Waals surface area contributed by atoms with E-state index in [1.807, 2.05) is 12.1 Å². The van der Waals surface area contributed by atoms with Crippen LogP contribution in [0.2, 0.25) is 5.02 Å². The molecule has 0 radical (unpaired) electrons. The van der Waals surface area contributed by atoms with Gasteiger partial charge in [-0.05, 0) is 36.4 Å². The summed E-state index contributed by atoms with van der Waals surface area (Å²) >= 11 is 5.81. The molecule has 0 saturated heterocycles. The van der Waals surface area contributed by atoms with Crippen LogP contribution in [0, 0.1) is 0 Å². The third-order valence-electron chi connectivity index (χ3n) is 3.10. The van der Waals surface area contributed by atoms with Crippen molar-refractivity contribution in [3.05, 3.63) is 59.5 Å². The van der Waals surface area contributed by atoms with Gasteiger partial charge in [0, 0.05) is 28.4 Å². The van der Waals surface area contributed by atoms with Gasteiger partial charge in [-0.1, -0.05) is 11.6 Å². The average molecular weight is 314 g/mol. The quantitative estimate of drug-likeness (QED) is 0.803. The molecule has 0 bridgehead atoms. The minimum Gasteiger partial charge on any atom is -0.497 e. The van der Waals surface area contributed by atoms with Gasteiger partial charge in [0.05, 0.1) is 12.6 Å². The summed E-state index contributed by atoms with van der Waals surface area (Å²) in [6.07, 6.45) is 1.61. The predicted octanol–water partition coefficient (Wildman–Crippen LogP) is 3.54. The van der Waals surface area contributed by atoms with E-state index in [1.54, 1.807) is 43.6 Å². The molecule has 2 aromatic carbocycles. The molecule has 1 heterocycles. The second-order valence-electron chi connectivity index (χ2n) is 4.58. The molecule has 5 nitrogen and oxygen atoms in total. The Morgan fingerprint density at radius 1 is 1.18 bits per heavy atom. The van der Waals surface area contributed by atoms with Crippen LogP contribution in [0.15, 0.2) is 48.7 Å². The molecule has 110 valence electrons. The summed E-state index contributed by atoms with van der Waals surface area (Å²) in [5, 5.41) is 4.17. The van der Waals surface area contributed by atoms with Gasteiger partial charge in [0.15, 0.2) is 0 Å². The first-order valence-electron chi connectivity index (χ1n) is 6.53. The van der Waals surface area contributed by atoms with Gasteiger partial charge in [0.1, 0.15) is 5.75 Å². The fourth-order valence-electron chi connectivity index (χ4n) is 1.96. The summed E-state index contributed by atoms with van der Waals surface area (Å²) in [7, 11) is 1.58. The number of anilines is 1. The van der Waals surface area contributed by atoms with E-state index in [0.29, 0.717) is 22.0 Å². The highest BCUT2D eigenvalue weighted by atomic mass is 35.5. The van der Waals surface area contributed by atoms with Crippen LogP contribution >= 0.6 is 11.6 Å². The topological polar surface area (TPSA) is 64.1 Å². The van der Waals surface area contributed by atoms with Crippen LogP contribution in [0.1, 0.15) is 10.6 Å². The van der Waals surface area contributed by atoms with E-state index in [2.05, 4.69) is 15.3 Å². The maximum absolute atomic E-state index is 12.2. The van der Waals surface area contributed by atoms with Crippen molar-refractivity contribution >= 4 is 34.1 Å². The summed E-state index contributed by atoms with van der Waals surface area (Å²) in [5.74, 6) is 0.387. The molecule has 22 heavy (non-hydrogen) atoms. The van der Waals surface area contributed by atoms with E-state index in [-0.39, 0.29) is 11.7 Å². The van der Waals surface area contributed by atoms with Crippen LogP contribution in [0.3, 0.4) is 0 Å². The van der Waals surface area contributed by atoms with Crippen LogP contribution in [0.4, 0.5) is 5.69 Å². The Bertz CT molecular complexity index is 834. The third kappa shape index (κ3) is 2.99. The van der Waals surface area contributed by atoms with Crippen molar-refractivity contribution in [2.75, 3.05) is 12.4 Å². The molecule has 6 heteroatoms. The number of rotatable bonds is 3. The number of ether oxygens (including phenoxy) is 1. The zero-order valence-corrected chi connectivity index (χ0v) is 12.5. The Morgan fingerprint density at radius 2 is 1.95 bits per heavy atom. The molecule has 0 aliphatic heterocycles. The molecule has 3 aromatic rings. The number of benzene rings is 2. The van der Waals surface area contributed by atoms with Gasteiger partial charge in [-0.15, -0.1) is 0 Å². The van der Waals surface area contributed by atoms with Crippen molar-refractivity contribution in [3.63, 3.8) is 0 Å². The van der Waals surface area contributed by atoms with Crippen molar-refractivity contribution in [2.45, 2.75) is 0 Å². The first kappa shape index (κ1) is 14.3. The van der Waals surface area contributed by atoms with Crippen LogP contribution < -0.4 is 10.1 Å². The van der Waals surface area contributed by atoms with E-state index in [4.69, 9.17) is 16.3 Å². The van der Waals surface area contributed by atoms with Gasteiger partial charge in [0.25, 0.3) is 5.91 Å². The molecular formula is C16H12ClN3O2. The summed E-state index contributed by atoms with van der Waals surface area (Å²) < 4.78 is 5.16. The summed E-state index contributed by atoms with van der Waals surface area (Å²) in [6, 6.07) is 12.2. The number of halogens is 1. The van der Waals surface area contributed by atoms with Gasteiger partial charge < -0.3 is 10.1 Å². The van der Waals surface area contributed by atoms with Crippen molar-refractivity contribution in [1.82, 2.24) is 9.97 Å². The highest BCUT2D eigenvalue weighted by Crippen LogP contribution is 2.19. The molecule has 1 N–H and O–H groups in total. The lowest BCUT2D eigenvalue weighted by molar-refractivity contribution is 0.101. The third-order valence-corrected chi connectivity index (χ3v) is 3.35. The Hall–Kier alpha value is -2.66. The lowest BCUT2D eigenvalue weighted by Crippen LogP contribution is -2.15. The lowest BCUT2D eigenvalue weighted by Gasteiger charge is -2.06. The predicted molar refractivity (Wildman–Crippen MR) is 85.5 cm³/mol. The molecule has 0 atom stereocenters. The Labute approximate surface area is 131 Å². The standard InChI is InChI=1S/C16H12ClN3O2/c1-22-13-7-2-10-9-18-15(20-14(10)8-13)16(21)19-12-5-3-11(17)4-6-12/h2-9H,1H3,(H,19,21). The zero-order chi connectivity index (χ0) is 15.5. The molecule has 0 aliphatic rings. The number of hydrogen-bond donors (Lipinski definition) is 1. The fourth-order valence-corrected chi connectivity index (χ4v) is 2.09. The highest BCUT2D eigenvalue weighted by Gasteiger charge is 2.11. The molecule has 0 fully saturated rings. The first-order valence-corrected chi connectivity index (χ1v) is 6.91. The zero-order valence-electron chi connectivity index (χ0n) is 11.7. The first-order chi connectivity index (χ1) is 10.7. The summed E-state index contributed by atoms with van der Waals surface area (Å²) in [6.45, 7) is 0. The molecular weight excluding hydrogens is 302 g/mol. The number of nitrogens with one attached hydrogen (secondary N) is 1. The van der Waals surface area contributed by atoms with Crippen LogP contribution in [0.25, 0.3) is 10.9 Å². The number of hydrogen-bond acceptors (Lipinski definition) is 4. The van der Waals surface area contributed by atoms with Gasteiger partial charge in [0.2, 0.25) is 5.82 Å². The average Bonchev–Trinajstić information content (AvgIpc) is 2.55. The smallest absolute Gasteiger partial charge is 0.293 e. The van der Waals surface area contributed by atoms with E-state index in [9.17, 15) is 4.79 Å². The maximum atomic E-state index is 12.2. The summed E-state index contributed by atoms with van der Waals surface area (Å²) in [5.41, 5.74) is 1.28. The van der Waals surface area contributed by atoms with E-state index >= 15 is 0 Å². The summed E-state index contributed by atoms with van der Waals surface area (Å²) in [4.78, 5) is 20.6. The number of carbonyl (C=O) groups is 1. The fraction of sp³-hybridized carbons (Fsp3) is 0.0625. The number of aromatic nitrogens is 2. The van der Waals surface area contributed by atoms with E-state index in [1.165, 1.54) is 0 Å². The molecule has 0 aliphatic carbocycles. The van der Waals surface area contributed by atoms with Crippen molar-refractivity contribution in [1.29, 1.82) is 0 Å². The van der Waals surface area contributed by atoms with E-state index < -0.39 is 0 Å². The second-order valence-corrected chi connectivity index (χ2v) is 5.02. The molecule has 0 saturated carbocycles. The largest absolute Gasteiger partial charge is 0.497 e. The van der Waals surface area contributed by atoms with Crippen LogP contribution in [-0.4, -0.2) is 23.0 Å². The van der Waals surface area contributed by atoms with Crippen molar-refractivity contribution in [3.8, 4) is 5.75 Å². The molecule has 0 spiro atoms. The number of nitrogens with zero attached hydrogens (tertiary/aromatic N) is 2. The minimum atomic E-state index is -0.382. The molecule has 1 aromatic heterocycles. The monoisotopic (exact) mass is 313 g/mol. The lowest BCUT2D eigenvalue weighted by atomic mass is 10.2. The number of carbonyl (C=O) groups excluding carboxylic acids is 1. The van der Waals surface area contributed by atoms with Gasteiger partial charge in [-0.2, -0.15) is 0 Å². The molecule has 0 unspecified atom stereocenters. The highest BCUT2D eigenvalue weighted by molar-refractivity contribution is 6.30. The van der Waals surface area contributed by atoms with Gasteiger partial charge >= 0.3 is 0 Å². The SMILES string of the molecule is COc1ccc2cnc(C(=O)Nc3ccc(Cl)cc3)nc2c1. The van der Waals surface area contributed by atoms with Crippen LogP contribution in [0.5, 0.6) is 5.75 Å². The maximum Gasteiger partial charge on any atom is 0.293 e. The normalized spacial score (nSPS) is 10.5. The molecule has 1 amide bonds. The second kappa shape index (κ2) is 5.99. The number of fused-ring (bicyclic) bond motifs is 1.